The number of nitro benzene ring substituents is 1. The van der Waals surface area contributed by atoms with Crippen molar-refractivity contribution in [1.29, 1.82) is 0 Å². The molecule has 21 heavy (non-hydrogen) atoms. The second-order valence-corrected chi connectivity index (χ2v) is 4.74. The SMILES string of the molecule is CCC(C)(OC)c1noc(-c2ccc(N)c([N+](=O)[O-])c2)n1. The van der Waals surface area contributed by atoms with Crippen molar-refractivity contribution in [1.82, 2.24) is 10.1 Å². The predicted octanol–water partition coefficient (Wildman–Crippen LogP) is 2.50. The Balaban J connectivity index is 2.43. The molecule has 1 aromatic heterocycles. The lowest BCUT2D eigenvalue weighted by Crippen LogP contribution is -2.24. The average molecular weight is 292 g/mol. The largest absolute Gasteiger partial charge is 0.393 e. The summed E-state index contributed by atoms with van der Waals surface area (Å²) in [6.45, 7) is 3.78. The third-order valence-electron chi connectivity index (χ3n) is 3.50. The minimum absolute atomic E-state index is 0.0822. The van der Waals surface area contributed by atoms with Crippen LogP contribution in [0.15, 0.2) is 22.7 Å². The number of hydrogen-bond acceptors (Lipinski definition) is 7. The van der Waals surface area contributed by atoms with Gasteiger partial charge in [-0.05, 0) is 25.5 Å². The Bertz CT molecular complexity index is 664. The normalized spacial score (nSPS) is 13.9. The van der Waals surface area contributed by atoms with Crippen LogP contribution in [0.5, 0.6) is 0 Å². The average Bonchev–Trinajstić information content (AvgIpc) is 2.97. The first-order chi connectivity index (χ1) is 9.91. The maximum Gasteiger partial charge on any atom is 0.292 e. The molecular weight excluding hydrogens is 276 g/mol. The number of hydrogen-bond donors (Lipinski definition) is 1. The summed E-state index contributed by atoms with van der Waals surface area (Å²) in [4.78, 5) is 14.6. The van der Waals surface area contributed by atoms with E-state index in [0.29, 0.717) is 17.8 Å². The molecule has 0 radical (unpaired) electrons. The zero-order chi connectivity index (χ0) is 15.6. The number of nitrogens with two attached hydrogens (primary N) is 1. The van der Waals surface area contributed by atoms with Gasteiger partial charge in [-0.25, -0.2) is 0 Å². The van der Waals surface area contributed by atoms with E-state index in [1.807, 2.05) is 13.8 Å². The number of methoxy groups -OCH3 is 1. The first-order valence-corrected chi connectivity index (χ1v) is 6.35. The van der Waals surface area contributed by atoms with Crippen LogP contribution in [-0.4, -0.2) is 22.2 Å². The Hall–Kier alpha value is -2.48. The van der Waals surface area contributed by atoms with Gasteiger partial charge < -0.3 is 15.0 Å². The molecule has 2 aromatic rings. The Morgan fingerprint density at radius 3 is 2.81 bits per heavy atom. The molecule has 0 aliphatic heterocycles. The Morgan fingerprint density at radius 1 is 1.52 bits per heavy atom. The quantitative estimate of drug-likeness (QED) is 0.511. The minimum Gasteiger partial charge on any atom is -0.393 e. The number of benzene rings is 1. The van der Waals surface area contributed by atoms with Crippen molar-refractivity contribution >= 4 is 11.4 Å². The zero-order valence-electron chi connectivity index (χ0n) is 12.0. The molecule has 0 bridgehead atoms. The van der Waals surface area contributed by atoms with Gasteiger partial charge in [0, 0.05) is 18.7 Å². The molecule has 8 heteroatoms. The summed E-state index contributed by atoms with van der Waals surface area (Å²) in [5.74, 6) is 0.576. The van der Waals surface area contributed by atoms with E-state index in [2.05, 4.69) is 10.1 Å². The molecule has 0 saturated carbocycles. The lowest BCUT2D eigenvalue weighted by atomic mass is 10.0. The van der Waals surface area contributed by atoms with Crippen LogP contribution in [0, 0.1) is 10.1 Å². The highest BCUT2D eigenvalue weighted by Crippen LogP contribution is 2.31. The molecular formula is C13H16N4O4. The number of nitro groups is 1. The minimum atomic E-state index is -0.665. The van der Waals surface area contributed by atoms with Crippen molar-refractivity contribution in [3.63, 3.8) is 0 Å². The number of nitrogen functional groups attached to an aromatic ring is 1. The van der Waals surface area contributed by atoms with E-state index in [1.165, 1.54) is 12.1 Å². The number of anilines is 1. The van der Waals surface area contributed by atoms with Crippen LogP contribution >= 0.6 is 0 Å². The Kier molecular flexibility index (Phi) is 3.90. The molecule has 8 nitrogen and oxygen atoms in total. The lowest BCUT2D eigenvalue weighted by molar-refractivity contribution is -0.383. The summed E-state index contributed by atoms with van der Waals surface area (Å²) in [5, 5.41) is 14.8. The summed E-state index contributed by atoms with van der Waals surface area (Å²) in [7, 11) is 1.56. The summed E-state index contributed by atoms with van der Waals surface area (Å²) >= 11 is 0. The van der Waals surface area contributed by atoms with Crippen LogP contribution in [0.1, 0.15) is 26.1 Å². The fourth-order valence-electron chi connectivity index (χ4n) is 1.78. The molecule has 1 atom stereocenters. The summed E-state index contributed by atoms with van der Waals surface area (Å²) < 4.78 is 10.6. The molecule has 1 unspecified atom stereocenters. The molecule has 0 spiro atoms. The molecule has 0 saturated heterocycles. The van der Waals surface area contributed by atoms with E-state index < -0.39 is 10.5 Å². The first kappa shape index (κ1) is 14.9. The van der Waals surface area contributed by atoms with Gasteiger partial charge >= 0.3 is 0 Å². The molecule has 1 aromatic carbocycles. The number of rotatable bonds is 5. The van der Waals surface area contributed by atoms with Crippen LogP contribution in [0.2, 0.25) is 0 Å². The zero-order valence-corrected chi connectivity index (χ0v) is 12.0. The van der Waals surface area contributed by atoms with Crippen molar-refractivity contribution < 1.29 is 14.2 Å². The van der Waals surface area contributed by atoms with Gasteiger partial charge in [-0.1, -0.05) is 12.1 Å². The van der Waals surface area contributed by atoms with Gasteiger partial charge in [0.25, 0.3) is 11.6 Å². The van der Waals surface area contributed by atoms with Gasteiger partial charge in [-0.2, -0.15) is 4.98 Å². The predicted molar refractivity (Wildman–Crippen MR) is 75.5 cm³/mol. The standard InChI is InChI=1S/C13H16N4O4/c1-4-13(2,20-3)12-15-11(21-16-12)8-5-6-9(14)10(7-8)17(18)19/h5-7H,4,14H2,1-3H3. The van der Waals surface area contributed by atoms with Crippen molar-refractivity contribution in [3.05, 3.63) is 34.1 Å². The van der Waals surface area contributed by atoms with Crippen molar-refractivity contribution in [2.45, 2.75) is 25.9 Å². The van der Waals surface area contributed by atoms with Gasteiger partial charge in [0.2, 0.25) is 5.82 Å². The highest BCUT2D eigenvalue weighted by atomic mass is 16.6. The molecule has 1 heterocycles. The molecule has 0 fully saturated rings. The van der Waals surface area contributed by atoms with Crippen molar-refractivity contribution in [2.24, 2.45) is 0 Å². The maximum atomic E-state index is 10.9. The van der Waals surface area contributed by atoms with E-state index in [0.717, 1.165) is 0 Å². The first-order valence-electron chi connectivity index (χ1n) is 6.35. The molecule has 2 N–H and O–H groups in total. The van der Waals surface area contributed by atoms with Crippen LogP contribution in [0.25, 0.3) is 11.5 Å². The van der Waals surface area contributed by atoms with Crippen LogP contribution in [-0.2, 0) is 10.3 Å². The van der Waals surface area contributed by atoms with Gasteiger partial charge in [0.1, 0.15) is 11.3 Å². The van der Waals surface area contributed by atoms with Gasteiger partial charge in [-0.15, -0.1) is 0 Å². The van der Waals surface area contributed by atoms with Gasteiger partial charge in [0.05, 0.1) is 4.92 Å². The Morgan fingerprint density at radius 2 is 2.24 bits per heavy atom. The van der Waals surface area contributed by atoms with E-state index in [4.69, 9.17) is 15.0 Å². The lowest BCUT2D eigenvalue weighted by Gasteiger charge is -2.21. The molecule has 0 aliphatic rings. The van der Waals surface area contributed by atoms with E-state index >= 15 is 0 Å². The molecule has 0 amide bonds. The number of nitrogens with zero attached hydrogens (tertiary/aromatic N) is 3. The van der Waals surface area contributed by atoms with E-state index in [-0.39, 0.29) is 17.3 Å². The van der Waals surface area contributed by atoms with Crippen LogP contribution in [0.4, 0.5) is 11.4 Å². The third-order valence-corrected chi connectivity index (χ3v) is 3.50. The summed E-state index contributed by atoms with van der Waals surface area (Å²) in [6.07, 6.45) is 0.657. The number of ether oxygens (including phenoxy) is 1. The third kappa shape index (κ3) is 2.70. The van der Waals surface area contributed by atoms with Crippen molar-refractivity contribution in [2.75, 3.05) is 12.8 Å². The Labute approximate surface area is 121 Å². The van der Waals surface area contributed by atoms with E-state index in [9.17, 15) is 10.1 Å². The summed E-state index contributed by atoms with van der Waals surface area (Å²) in [5.41, 5.74) is 5.21. The molecule has 112 valence electrons. The van der Waals surface area contributed by atoms with E-state index in [1.54, 1.807) is 13.2 Å². The molecule has 2 rings (SSSR count). The van der Waals surface area contributed by atoms with Crippen LogP contribution in [0.3, 0.4) is 0 Å². The van der Waals surface area contributed by atoms with Crippen molar-refractivity contribution in [3.8, 4) is 11.5 Å². The highest BCUT2D eigenvalue weighted by molar-refractivity contribution is 5.67. The van der Waals surface area contributed by atoms with Crippen LogP contribution < -0.4 is 5.73 Å². The van der Waals surface area contributed by atoms with Gasteiger partial charge in [-0.3, -0.25) is 10.1 Å². The fraction of sp³-hybridized carbons (Fsp3) is 0.385. The second kappa shape index (κ2) is 5.49. The maximum absolute atomic E-state index is 10.9. The fourth-order valence-corrected chi connectivity index (χ4v) is 1.78. The topological polar surface area (TPSA) is 117 Å². The summed E-state index contributed by atoms with van der Waals surface area (Å²) in [6, 6.07) is 4.34. The number of aromatic nitrogens is 2. The molecule has 0 aliphatic carbocycles. The smallest absolute Gasteiger partial charge is 0.292 e. The monoisotopic (exact) mass is 292 g/mol. The van der Waals surface area contributed by atoms with Gasteiger partial charge in [0.15, 0.2) is 0 Å². The highest BCUT2D eigenvalue weighted by Gasteiger charge is 2.30. The second-order valence-electron chi connectivity index (χ2n) is 4.74.